The number of aryl methyl sites for hydroxylation is 1. The van der Waals surface area contributed by atoms with Crippen molar-refractivity contribution in [2.45, 2.75) is 32.2 Å². The normalized spacial score (nSPS) is 17.2. The van der Waals surface area contributed by atoms with Crippen molar-refractivity contribution in [3.63, 3.8) is 0 Å². The Labute approximate surface area is 129 Å². The molecule has 2 N–H and O–H groups in total. The fourth-order valence-electron chi connectivity index (χ4n) is 2.64. The Morgan fingerprint density at radius 1 is 1.33 bits per heavy atom. The van der Waals surface area contributed by atoms with Gasteiger partial charge in [-0.05, 0) is 42.4 Å². The van der Waals surface area contributed by atoms with Crippen LogP contribution in [0.4, 0.5) is 0 Å². The van der Waals surface area contributed by atoms with Gasteiger partial charge in [0, 0.05) is 5.92 Å². The first-order valence-electron chi connectivity index (χ1n) is 7.23. The number of aliphatic carboxylic acids is 1. The molecule has 1 aliphatic rings. The zero-order valence-corrected chi connectivity index (χ0v) is 13.0. The van der Waals surface area contributed by atoms with Crippen LogP contribution in [0.5, 0.6) is 0 Å². The lowest BCUT2D eigenvalue weighted by Crippen LogP contribution is -2.36. The first-order chi connectivity index (χ1) is 10.1. The molecule has 1 saturated heterocycles. The van der Waals surface area contributed by atoms with Crippen molar-refractivity contribution in [1.82, 2.24) is 5.32 Å². The molecule has 0 saturated carbocycles. The van der Waals surface area contributed by atoms with Gasteiger partial charge in [-0.25, -0.2) is 0 Å². The molecule has 1 heterocycles. The molecule has 1 aromatic rings. The van der Waals surface area contributed by atoms with Crippen molar-refractivity contribution >= 4 is 23.6 Å². The molecule has 1 aromatic carbocycles. The van der Waals surface area contributed by atoms with Crippen LogP contribution in [0.2, 0.25) is 0 Å². The predicted molar refractivity (Wildman–Crippen MR) is 84.4 cm³/mol. The van der Waals surface area contributed by atoms with Crippen LogP contribution in [0.3, 0.4) is 0 Å². The van der Waals surface area contributed by atoms with E-state index in [1.807, 2.05) is 43.0 Å². The number of carboxylic acids is 1. The first-order valence-corrected chi connectivity index (χ1v) is 8.39. The Balaban J connectivity index is 2.11. The summed E-state index contributed by atoms with van der Waals surface area (Å²) in [5.74, 6) is 1.12. The van der Waals surface area contributed by atoms with Gasteiger partial charge in [0.25, 0.3) is 0 Å². The van der Waals surface area contributed by atoms with E-state index in [2.05, 4.69) is 5.32 Å². The standard InChI is InChI=1S/C16H21NO3S/c1-11-4-2-3-5-13(11)14(10-15(18)19)17-16(20)12-6-8-21-9-7-12/h2-5,12,14H,6-10H2,1H3,(H,17,20)(H,18,19). The molecular weight excluding hydrogens is 286 g/mol. The quantitative estimate of drug-likeness (QED) is 0.878. The predicted octanol–water partition coefficient (Wildman–Crippen LogP) is 2.77. The van der Waals surface area contributed by atoms with Gasteiger partial charge in [-0.2, -0.15) is 11.8 Å². The van der Waals surface area contributed by atoms with Crippen molar-refractivity contribution in [2.75, 3.05) is 11.5 Å². The summed E-state index contributed by atoms with van der Waals surface area (Å²) in [6.07, 6.45) is 1.67. The van der Waals surface area contributed by atoms with Crippen molar-refractivity contribution in [1.29, 1.82) is 0 Å². The minimum absolute atomic E-state index is 0.00944. The number of thioether (sulfide) groups is 1. The number of rotatable bonds is 5. The van der Waals surface area contributed by atoms with Crippen LogP contribution in [0.1, 0.15) is 36.4 Å². The average Bonchev–Trinajstić information content (AvgIpc) is 2.47. The molecule has 21 heavy (non-hydrogen) atoms. The van der Waals surface area contributed by atoms with Crippen LogP contribution in [-0.2, 0) is 9.59 Å². The van der Waals surface area contributed by atoms with E-state index in [1.165, 1.54) is 0 Å². The van der Waals surface area contributed by atoms with Gasteiger partial charge < -0.3 is 10.4 Å². The number of carbonyl (C=O) groups excluding carboxylic acids is 1. The molecule has 0 bridgehead atoms. The van der Waals surface area contributed by atoms with Crippen LogP contribution in [0.25, 0.3) is 0 Å². The summed E-state index contributed by atoms with van der Waals surface area (Å²) in [5, 5.41) is 12.1. The van der Waals surface area contributed by atoms with Crippen LogP contribution in [0.15, 0.2) is 24.3 Å². The van der Waals surface area contributed by atoms with Crippen LogP contribution >= 0.6 is 11.8 Å². The van der Waals surface area contributed by atoms with Gasteiger partial charge in [-0.1, -0.05) is 24.3 Å². The lowest BCUT2D eigenvalue weighted by molar-refractivity contribution is -0.138. The molecule has 4 nitrogen and oxygen atoms in total. The van der Waals surface area contributed by atoms with Gasteiger partial charge >= 0.3 is 5.97 Å². The Morgan fingerprint density at radius 2 is 2.00 bits per heavy atom. The van der Waals surface area contributed by atoms with E-state index >= 15 is 0 Å². The Hall–Kier alpha value is -1.49. The number of nitrogens with one attached hydrogen (secondary N) is 1. The summed E-state index contributed by atoms with van der Waals surface area (Å²) in [4.78, 5) is 23.5. The van der Waals surface area contributed by atoms with E-state index in [4.69, 9.17) is 5.11 Å². The molecule has 1 aliphatic heterocycles. The maximum Gasteiger partial charge on any atom is 0.305 e. The van der Waals surface area contributed by atoms with E-state index in [0.29, 0.717) is 0 Å². The molecule has 0 aliphatic carbocycles. The van der Waals surface area contributed by atoms with Crippen LogP contribution < -0.4 is 5.32 Å². The second kappa shape index (κ2) is 7.50. The van der Waals surface area contributed by atoms with E-state index in [-0.39, 0.29) is 18.2 Å². The topological polar surface area (TPSA) is 66.4 Å². The summed E-state index contributed by atoms with van der Waals surface area (Å²) in [6.45, 7) is 1.94. The summed E-state index contributed by atoms with van der Waals surface area (Å²) in [7, 11) is 0. The number of benzene rings is 1. The van der Waals surface area contributed by atoms with Crippen LogP contribution in [-0.4, -0.2) is 28.5 Å². The highest BCUT2D eigenvalue weighted by atomic mass is 32.2. The van der Waals surface area contributed by atoms with Crippen molar-refractivity contribution in [3.8, 4) is 0 Å². The lowest BCUT2D eigenvalue weighted by atomic mass is 9.96. The number of hydrogen-bond acceptors (Lipinski definition) is 3. The number of hydrogen-bond donors (Lipinski definition) is 2. The molecule has 0 aromatic heterocycles. The van der Waals surface area contributed by atoms with Crippen LogP contribution in [0, 0.1) is 12.8 Å². The fraction of sp³-hybridized carbons (Fsp3) is 0.500. The minimum Gasteiger partial charge on any atom is -0.481 e. The summed E-state index contributed by atoms with van der Waals surface area (Å²) in [5.41, 5.74) is 1.89. The lowest BCUT2D eigenvalue weighted by Gasteiger charge is -2.25. The first kappa shape index (κ1) is 15.9. The van der Waals surface area contributed by atoms with E-state index in [9.17, 15) is 9.59 Å². The Bertz CT molecular complexity index is 512. The molecule has 1 atom stereocenters. The third-order valence-corrected chi connectivity index (χ3v) is 4.90. The largest absolute Gasteiger partial charge is 0.481 e. The fourth-order valence-corrected chi connectivity index (χ4v) is 3.75. The van der Waals surface area contributed by atoms with Crippen molar-refractivity contribution in [3.05, 3.63) is 35.4 Å². The summed E-state index contributed by atoms with van der Waals surface area (Å²) < 4.78 is 0. The molecule has 1 amide bonds. The maximum absolute atomic E-state index is 12.4. The highest BCUT2D eigenvalue weighted by Gasteiger charge is 2.25. The molecule has 1 unspecified atom stereocenters. The van der Waals surface area contributed by atoms with Gasteiger partial charge in [0.1, 0.15) is 0 Å². The third kappa shape index (κ3) is 4.49. The van der Waals surface area contributed by atoms with Gasteiger partial charge in [0.15, 0.2) is 0 Å². The summed E-state index contributed by atoms with van der Waals surface area (Å²) in [6, 6.07) is 7.16. The number of carbonyl (C=O) groups is 2. The van der Waals surface area contributed by atoms with E-state index in [0.717, 1.165) is 35.5 Å². The molecule has 5 heteroatoms. The zero-order chi connectivity index (χ0) is 15.2. The molecular formula is C16H21NO3S. The SMILES string of the molecule is Cc1ccccc1C(CC(=O)O)NC(=O)C1CCSCC1. The third-order valence-electron chi connectivity index (χ3n) is 3.85. The summed E-state index contributed by atoms with van der Waals surface area (Å²) >= 11 is 1.87. The second-order valence-electron chi connectivity index (χ2n) is 5.40. The van der Waals surface area contributed by atoms with Crippen molar-refractivity contribution < 1.29 is 14.7 Å². The molecule has 114 valence electrons. The van der Waals surface area contributed by atoms with Gasteiger partial charge in [0.05, 0.1) is 12.5 Å². The van der Waals surface area contributed by atoms with Gasteiger partial charge in [0.2, 0.25) is 5.91 Å². The Kier molecular flexibility index (Phi) is 5.67. The van der Waals surface area contributed by atoms with E-state index in [1.54, 1.807) is 0 Å². The highest BCUT2D eigenvalue weighted by Crippen LogP contribution is 2.25. The second-order valence-corrected chi connectivity index (χ2v) is 6.63. The number of carboxylic acid groups (broad SMARTS) is 1. The average molecular weight is 307 g/mol. The maximum atomic E-state index is 12.4. The van der Waals surface area contributed by atoms with Crippen molar-refractivity contribution in [2.24, 2.45) is 5.92 Å². The zero-order valence-electron chi connectivity index (χ0n) is 12.2. The molecule has 2 rings (SSSR count). The van der Waals surface area contributed by atoms with Gasteiger partial charge in [-0.15, -0.1) is 0 Å². The van der Waals surface area contributed by atoms with E-state index < -0.39 is 12.0 Å². The van der Waals surface area contributed by atoms with Gasteiger partial charge in [-0.3, -0.25) is 9.59 Å². The monoisotopic (exact) mass is 307 g/mol. The molecule has 0 radical (unpaired) electrons. The molecule has 0 spiro atoms. The smallest absolute Gasteiger partial charge is 0.305 e. The number of amides is 1. The highest BCUT2D eigenvalue weighted by molar-refractivity contribution is 7.99. The molecule has 1 fully saturated rings. The Morgan fingerprint density at radius 3 is 2.62 bits per heavy atom. The minimum atomic E-state index is -0.900.